The highest BCUT2D eigenvalue weighted by Gasteiger charge is 2.31. The standard InChI is InChI=1S/C19H15ClF4N2O/c20-14-6-4-12(16(21)10-14)11-26-18-9-13(19(22,23)24)5-7-15(18)17(25-26)3-1-2-8-27/h1,3-7,9-10,27H,2,8,11H2/b3-1+. The molecule has 0 amide bonds. The maximum absolute atomic E-state index is 14.1. The molecule has 3 aromatic rings. The van der Waals surface area contributed by atoms with Crippen molar-refractivity contribution < 1.29 is 22.7 Å². The van der Waals surface area contributed by atoms with Gasteiger partial charge in [-0.15, -0.1) is 0 Å². The van der Waals surface area contributed by atoms with Gasteiger partial charge >= 0.3 is 6.18 Å². The zero-order valence-electron chi connectivity index (χ0n) is 14.0. The average molecular weight is 399 g/mol. The summed E-state index contributed by atoms with van der Waals surface area (Å²) in [5.74, 6) is -0.560. The molecule has 0 aliphatic heterocycles. The summed E-state index contributed by atoms with van der Waals surface area (Å²) in [4.78, 5) is 0. The Labute approximate surface area is 157 Å². The molecule has 1 N–H and O–H groups in total. The molecule has 142 valence electrons. The van der Waals surface area contributed by atoms with Gasteiger partial charge in [0.15, 0.2) is 0 Å². The third-order valence-electron chi connectivity index (χ3n) is 4.01. The van der Waals surface area contributed by atoms with Crippen LogP contribution in [0, 0.1) is 5.82 Å². The molecule has 0 spiro atoms. The van der Waals surface area contributed by atoms with Gasteiger partial charge in [0.1, 0.15) is 5.82 Å². The van der Waals surface area contributed by atoms with E-state index in [1.165, 1.54) is 22.9 Å². The van der Waals surface area contributed by atoms with Crippen molar-refractivity contribution in [2.45, 2.75) is 19.1 Å². The zero-order valence-corrected chi connectivity index (χ0v) is 14.7. The molecular formula is C19H15ClF4N2O. The lowest BCUT2D eigenvalue weighted by Crippen LogP contribution is -2.07. The maximum Gasteiger partial charge on any atom is 0.416 e. The van der Waals surface area contributed by atoms with Crippen LogP contribution < -0.4 is 0 Å². The van der Waals surface area contributed by atoms with E-state index in [2.05, 4.69) is 5.10 Å². The number of aromatic nitrogens is 2. The first-order valence-electron chi connectivity index (χ1n) is 8.08. The van der Waals surface area contributed by atoms with Crippen LogP contribution in [0.15, 0.2) is 42.5 Å². The van der Waals surface area contributed by atoms with Crippen LogP contribution in [-0.4, -0.2) is 21.5 Å². The molecule has 0 unspecified atom stereocenters. The van der Waals surface area contributed by atoms with Crippen LogP contribution in [0.1, 0.15) is 23.2 Å². The van der Waals surface area contributed by atoms with Gasteiger partial charge in [0.25, 0.3) is 0 Å². The highest BCUT2D eigenvalue weighted by atomic mass is 35.5. The highest BCUT2D eigenvalue weighted by molar-refractivity contribution is 6.30. The molecule has 0 saturated heterocycles. The number of alkyl halides is 3. The molecule has 0 bridgehead atoms. The summed E-state index contributed by atoms with van der Waals surface area (Å²) in [5.41, 5.74) is 0.134. The first-order valence-corrected chi connectivity index (χ1v) is 8.46. The van der Waals surface area contributed by atoms with E-state index in [9.17, 15) is 17.6 Å². The van der Waals surface area contributed by atoms with E-state index >= 15 is 0 Å². The largest absolute Gasteiger partial charge is 0.416 e. The van der Waals surface area contributed by atoms with Crippen molar-refractivity contribution in [3.8, 4) is 0 Å². The molecule has 2 aromatic carbocycles. The maximum atomic E-state index is 14.1. The van der Waals surface area contributed by atoms with Gasteiger partial charge in [-0.05, 0) is 42.8 Å². The van der Waals surface area contributed by atoms with Crippen LogP contribution in [0.2, 0.25) is 5.02 Å². The van der Waals surface area contributed by atoms with Crippen molar-refractivity contribution >= 4 is 28.6 Å². The Balaban J connectivity index is 2.11. The molecule has 27 heavy (non-hydrogen) atoms. The van der Waals surface area contributed by atoms with E-state index in [4.69, 9.17) is 16.7 Å². The number of benzene rings is 2. The minimum absolute atomic E-state index is 0.0470. The molecule has 0 aliphatic carbocycles. The van der Waals surface area contributed by atoms with Crippen LogP contribution in [-0.2, 0) is 12.7 Å². The molecule has 1 aromatic heterocycles. The smallest absolute Gasteiger partial charge is 0.396 e. The number of aliphatic hydroxyl groups excluding tert-OH is 1. The van der Waals surface area contributed by atoms with Crippen molar-refractivity contribution in [1.82, 2.24) is 9.78 Å². The minimum atomic E-state index is -4.50. The Kier molecular flexibility index (Phi) is 5.53. The SMILES string of the molecule is OCC/C=C/c1nn(Cc2ccc(Cl)cc2F)c2cc(C(F)(F)F)ccc12. The van der Waals surface area contributed by atoms with Gasteiger partial charge in [0.05, 0.1) is 23.3 Å². The molecule has 0 atom stereocenters. The topological polar surface area (TPSA) is 38.1 Å². The van der Waals surface area contributed by atoms with Gasteiger partial charge in [0.2, 0.25) is 0 Å². The molecule has 3 rings (SSSR count). The number of hydrogen-bond donors (Lipinski definition) is 1. The summed E-state index contributed by atoms with van der Waals surface area (Å²) in [6.07, 6.45) is -0.810. The Morgan fingerprint density at radius 2 is 1.93 bits per heavy atom. The summed E-state index contributed by atoms with van der Waals surface area (Å²) in [5, 5.41) is 13.9. The van der Waals surface area contributed by atoms with E-state index in [1.54, 1.807) is 12.2 Å². The first-order chi connectivity index (χ1) is 12.8. The fourth-order valence-electron chi connectivity index (χ4n) is 2.70. The first kappa shape index (κ1) is 19.4. The molecule has 0 saturated carbocycles. The second kappa shape index (κ2) is 7.70. The van der Waals surface area contributed by atoms with Crippen LogP contribution in [0.3, 0.4) is 0 Å². The fourth-order valence-corrected chi connectivity index (χ4v) is 2.86. The van der Waals surface area contributed by atoms with Crippen molar-refractivity contribution in [3.63, 3.8) is 0 Å². The predicted molar refractivity (Wildman–Crippen MR) is 96.0 cm³/mol. The number of aliphatic hydroxyl groups is 1. The Morgan fingerprint density at radius 3 is 2.59 bits per heavy atom. The van der Waals surface area contributed by atoms with Gasteiger partial charge in [0, 0.05) is 22.6 Å². The number of nitrogens with zero attached hydrogens (tertiary/aromatic N) is 2. The van der Waals surface area contributed by atoms with Crippen molar-refractivity contribution in [1.29, 1.82) is 0 Å². The Hall–Kier alpha value is -2.38. The third-order valence-corrected chi connectivity index (χ3v) is 4.25. The molecule has 0 fully saturated rings. The lowest BCUT2D eigenvalue weighted by Gasteiger charge is -2.09. The lowest BCUT2D eigenvalue weighted by atomic mass is 10.1. The number of rotatable bonds is 5. The van der Waals surface area contributed by atoms with Crippen LogP contribution in [0.25, 0.3) is 17.0 Å². The zero-order chi connectivity index (χ0) is 19.6. The molecule has 1 heterocycles. The van der Waals surface area contributed by atoms with E-state index in [-0.39, 0.29) is 29.3 Å². The van der Waals surface area contributed by atoms with E-state index in [0.29, 0.717) is 17.5 Å². The highest BCUT2D eigenvalue weighted by Crippen LogP contribution is 2.33. The lowest BCUT2D eigenvalue weighted by molar-refractivity contribution is -0.137. The van der Waals surface area contributed by atoms with Crippen molar-refractivity contribution in [2.24, 2.45) is 0 Å². The minimum Gasteiger partial charge on any atom is -0.396 e. The summed E-state index contributed by atoms with van der Waals surface area (Å²) >= 11 is 5.74. The number of halogens is 5. The predicted octanol–water partition coefficient (Wildman–Crippen LogP) is 5.29. The van der Waals surface area contributed by atoms with Crippen LogP contribution >= 0.6 is 11.6 Å². The summed E-state index contributed by atoms with van der Waals surface area (Å²) in [7, 11) is 0. The quantitative estimate of drug-likeness (QED) is 0.593. The Morgan fingerprint density at radius 1 is 1.15 bits per heavy atom. The van der Waals surface area contributed by atoms with Gasteiger partial charge in [-0.1, -0.05) is 23.7 Å². The van der Waals surface area contributed by atoms with E-state index in [1.807, 2.05) is 0 Å². The van der Waals surface area contributed by atoms with E-state index in [0.717, 1.165) is 18.2 Å². The van der Waals surface area contributed by atoms with E-state index < -0.39 is 17.6 Å². The van der Waals surface area contributed by atoms with Crippen molar-refractivity contribution in [3.05, 3.63) is 70.1 Å². The monoisotopic (exact) mass is 398 g/mol. The van der Waals surface area contributed by atoms with Gasteiger partial charge < -0.3 is 5.11 Å². The summed E-state index contributed by atoms with van der Waals surface area (Å²) < 4.78 is 54.7. The fraction of sp³-hybridized carbons (Fsp3) is 0.211. The number of hydrogen-bond acceptors (Lipinski definition) is 2. The van der Waals surface area contributed by atoms with Crippen LogP contribution in [0.4, 0.5) is 17.6 Å². The number of fused-ring (bicyclic) bond motifs is 1. The summed E-state index contributed by atoms with van der Waals surface area (Å²) in [6, 6.07) is 7.46. The molecule has 0 radical (unpaired) electrons. The van der Waals surface area contributed by atoms with Gasteiger partial charge in [-0.2, -0.15) is 18.3 Å². The molecule has 3 nitrogen and oxygen atoms in total. The second-order valence-corrected chi connectivity index (χ2v) is 6.36. The molecule has 8 heteroatoms. The average Bonchev–Trinajstić information content (AvgIpc) is 2.94. The second-order valence-electron chi connectivity index (χ2n) is 5.92. The van der Waals surface area contributed by atoms with Crippen LogP contribution in [0.5, 0.6) is 0 Å². The Bertz CT molecular complexity index is 995. The normalized spacial score (nSPS) is 12.4. The molecule has 0 aliphatic rings. The third kappa shape index (κ3) is 4.31. The van der Waals surface area contributed by atoms with Crippen molar-refractivity contribution in [2.75, 3.05) is 6.61 Å². The molecular weight excluding hydrogens is 384 g/mol. The van der Waals surface area contributed by atoms with Gasteiger partial charge in [-0.25, -0.2) is 4.39 Å². The van der Waals surface area contributed by atoms with Gasteiger partial charge in [-0.3, -0.25) is 4.68 Å². The summed E-state index contributed by atoms with van der Waals surface area (Å²) in [6.45, 7) is -0.0992.